The second-order valence-electron chi connectivity index (χ2n) is 8.96. The van der Waals surface area contributed by atoms with Crippen LogP contribution in [-0.4, -0.2) is 55.5 Å². The zero-order chi connectivity index (χ0) is 23.9. The molecule has 33 heavy (non-hydrogen) atoms. The zero-order valence-electron chi connectivity index (χ0n) is 19.1. The smallest absolute Gasteiger partial charge is 0.330 e. The van der Waals surface area contributed by atoms with Crippen molar-refractivity contribution in [2.75, 3.05) is 26.1 Å². The molecular weight excluding hydrogens is 428 g/mol. The van der Waals surface area contributed by atoms with Crippen LogP contribution in [0.4, 0.5) is 5.69 Å². The zero-order valence-corrected chi connectivity index (χ0v) is 19.1. The predicted octanol–water partition coefficient (Wildman–Crippen LogP) is 2.02. The molecule has 9 nitrogen and oxygen atoms in total. The van der Waals surface area contributed by atoms with E-state index in [-0.39, 0.29) is 29.6 Å². The van der Waals surface area contributed by atoms with Crippen LogP contribution in [0.2, 0.25) is 0 Å². The molecule has 1 saturated carbocycles. The molecule has 5 atom stereocenters. The summed E-state index contributed by atoms with van der Waals surface area (Å²) in [7, 11) is 2.97. The minimum Gasteiger partial charge on any atom is -0.497 e. The number of carbonyl (C=O) groups is 4. The van der Waals surface area contributed by atoms with E-state index in [1.807, 2.05) is 12.2 Å². The van der Waals surface area contributed by atoms with Gasteiger partial charge in [0.1, 0.15) is 17.5 Å². The Morgan fingerprint density at radius 3 is 2.24 bits per heavy atom. The Bertz CT molecular complexity index is 988. The number of allylic oxidation sites excluding steroid dienone is 2. The molecule has 0 unspecified atom stereocenters. The molecule has 2 bridgehead atoms. The molecule has 176 valence electrons. The molecule has 4 rings (SSSR count). The van der Waals surface area contributed by atoms with Gasteiger partial charge >= 0.3 is 5.97 Å². The van der Waals surface area contributed by atoms with Crippen molar-refractivity contribution in [3.8, 4) is 11.5 Å². The Morgan fingerprint density at radius 2 is 1.70 bits per heavy atom. The number of anilines is 1. The number of nitrogens with zero attached hydrogens (tertiary/aromatic N) is 1. The maximum Gasteiger partial charge on any atom is 0.330 e. The highest BCUT2D eigenvalue weighted by atomic mass is 16.5. The fraction of sp³-hybridized carbons (Fsp3) is 0.500. The number of ether oxygens (including phenoxy) is 3. The number of amides is 3. The average molecular weight is 456 g/mol. The number of fused-ring (bicyclic) bond motifs is 5. The van der Waals surface area contributed by atoms with Gasteiger partial charge in [-0.2, -0.15) is 0 Å². The molecule has 0 radical (unpaired) electrons. The van der Waals surface area contributed by atoms with E-state index in [0.717, 1.165) is 11.3 Å². The van der Waals surface area contributed by atoms with E-state index >= 15 is 0 Å². The largest absolute Gasteiger partial charge is 0.497 e. The van der Waals surface area contributed by atoms with Crippen LogP contribution >= 0.6 is 0 Å². The van der Waals surface area contributed by atoms with Crippen LogP contribution in [-0.2, 0) is 23.9 Å². The summed E-state index contributed by atoms with van der Waals surface area (Å²) in [5.41, 5.74) is 0.389. The van der Waals surface area contributed by atoms with Crippen LogP contribution in [0, 0.1) is 29.6 Å². The van der Waals surface area contributed by atoms with Crippen molar-refractivity contribution in [2.24, 2.45) is 29.6 Å². The van der Waals surface area contributed by atoms with Crippen LogP contribution in [0.5, 0.6) is 11.5 Å². The fourth-order valence-electron chi connectivity index (χ4n) is 5.19. The van der Waals surface area contributed by atoms with Gasteiger partial charge in [-0.25, -0.2) is 4.79 Å². The van der Waals surface area contributed by atoms with E-state index in [0.29, 0.717) is 17.2 Å². The molecule has 1 aromatic carbocycles. The molecule has 2 aliphatic carbocycles. The number of nitrogens with one attached hydrogen (secondary N) is 1. The summed E-state index contributed by atoms with van der Waals surface area (Å²) in [4.78, 5) is 52.6. The van der Waals surface area contributed by atoms with Crippen LogP contribution < -0.4 is 14.8 Å². The molecule has 0 spiro atoms. The van der Waals surface area contributed by atoms with Gasteiger partial charge in [0.15, 0.2) is 6.61 Å². The minimum atomic E-state index is -1.07. The third-order valence-electron chi connectivity index (χ3n) is 6.68. The summed E-state index contributed by atoms with van der Waals surface area (Å²) in [6, 6.07) is 3.80. The van der Waals surface area contributed by atoms with Gasteiger partial charge in [0, 0.05) is 6.07 Å². The van der Waals surface area contributed by atoms with Crippen LogP contribution in [0.3, 0.4) is 0 Å². The quantitative estimate of drug-likeness (QED) is 0.362. The lowest BCUT2D eigenvalue weighted by Crippen LogP contribution is -2.50. The van der Waals surface area contributed by atoms with E-state index in [9.17, 15) is 19.2 Å². The summed E-state index contributed by atoms with van der Waals surface area (Å²) in [6.45, 7) is 2.93. The van der Waals surface area contributed by atoms with Crippen molar-refractivity contribution in [2.45, 2.75) is 26.3 Å². The second kappa shape index (κ2) is 8.88. The molecule has 2 fully saturated rings. The molecule has 1 aromatic rings. The number of methoxy groups -OCH3 is 2. The first-order valence-electron chi connectivity index (χ1n) is 11.0. The van der Waals surface area contributed by atoms with Crippen molar-refractivity contribution >= 4 is 29.4 Å². The molecule has 1 saturated heterocycles. The number of hydrogen-bond donors (Lipinski definition) is 1. The normalized spacial score (nSPS) is 25.9. The molecule has 0 aromatic heterocycles. The predicted molar refractivity (Wildman–Crippen MR) is 117 cm³/mol. The number of imide groups is 1. The maximum atomic E-state index is 13.1. The Labute approximate surface area is 192 Å². The summed E-state index contributed by atoms with van der Waals surface area (Å²) >= 11 is 0. The van der Waals surface area contributed by atoms with Gasteiger partial charge < -0.3 is 19.5 Å². The number of esters is 1. The fourth-order valence-corrected chi connectivity index (χ4v) is 5.19. The van der Waals surface area contributed by atoms with Crippen molar-refractivity contribution in [3.05, 3.63) is 30.4 Å². The topological polar surface area (TPSA) is 111 Å². The lowest BCUT2D eigenvalue weighted by molar-refractivity contribution is -0.162. The van der Waals surface area contributed by atoms with Gasteiger partial charge in [0.2, 0.25) is 11.8 Å². The maximum absolute atomic E-state index is 13.1. The lowest BCUT2D eigenvalue weighted by atomic mass is 9.85. The van der Waals surface area contributed by atoms with E-state index in [1.165, 1.54) is 14.2 Å². The molecule has 3 aliphatic rings. The third-order valence-corrected chi connectivity index (χ3v) is 6.68. The molecule has 1 N–H and O–H groups in total. The number of hydrogen-bond acceptors (Lipinski definition) is 7. The summed E-state index contributed by atoms with van der Waals surface area (Å²) in [5, 5.41) is 2.62. The Balaban J connectivity index is 1.41. The first-order chi connectivity index (χ1) is 15.8. The van der Waals surface area contributed by atoms with Gasteiger partial charge in [-0.15, -0.1) is 0 Å². The van der Waals surface area contributed by atoms with Gasteiger partial charge in [-0.3, -0.25) is 19.3 Å². The molecule has 1 aliphatic heterocycles. The molecular formula is C24H28N2O7. The minimum absolute atomic E-state index is 0.0514. The monoisotopic (exact) mass is 456 g/mol. The highest BCUT2D eigenvalue weighted by molar-refractivity contribution is 6.09. The Kier molecular flexibility index (Phi) is 6.14. The van der Waals surface area contributed by atoms with E-state index in [4.69, 9.17) is 14.2 Å². The average Bonchev–Trinajstić information content (AvgIpc) is 3.48. The highest BCUT2D eigenvalue weighted by Gasteiger charge is 2.61. The van der Waals surface area contributed by atoms with Gasteiger partial charge in [0.05, 0.1) is 31.7 Å². The van der Waals surface area contributed by atoms with Gasteiger partial charge in [0.25, 0.3) is 5.91 Å². The molecule has 1 heterocycles. The number of likely N-dealkylation sites (tertiary alicyclic amines) is 1. The third kappa shape index (κ3) is 3.96. The number of rotatable bonds is 8. The highest BCUT2D eigenvalue weighted by Crippen LogP contribution is 2.53. The number of benzene rings is 1. The first-order valence-corrected chi connectivity index (χ1v) is 11.0. The van der Waals surface area contributed by atoms with Crippen molar-refractivity contribution < 1.29 is 33.4 Å². The van der Waals surface area contributed by atoms with Crippen LogP contribution in [0.1, 0.15) is 20.3 Å². The summed E-state index contributed by atoms with van der Waals surface area (Å²) in [5.74, 6) is -2.09. The SMILES string of the molecule is COc1ccc(NC(=O)COC(=O)[C@H](C(C)C)N2C(=O)[C@@H]3[C@@H](C2=O)[C@H]2C=C[C@H]3C2)c(OC)c1. The molecule has 3 amide bonds. The summed E-state index contributed by atoms with van der Waals surface area (Å²) < 4.78 is 15.6. The van der Waals surface area contributed by atoms with Crippen LogP contribution in [0.15, 0.2) is 30.4 Å². The van der Waals surface area contributed by atoms with Crippen molar-refractivity contribution in [1.29, 1.82) is 0 Å². The first kappa shape index (κ1) is 22.8. The lowest BCUT2D eigenvalue weighted by Gasteiger charge is -2.28. The van der Waals surface area contributed by atoms with Crippen molar-refractivity contribution in [1.82, 2.24) is 4.90 Å². The van der Waals surface area contributed by atoms with Crippen molar-refractivity contribution in [3.63, 3.8) is 0 Å². The molecule has 9 heteroatoms. The van der Waals surface area contributed by atoms with Gasteiger partial charge in [-0.1, -0.05) is 26.0 Å². The second-order valence-corrected chi connectivity index (χ2v) is 8.96. The standard InChI is InChI=1S/C24H28N2O7/c1-12(2)21(26-22(28)19-13-5-6-14(9-13)20(19)23(26)29)24(30)33-11-18(27)25-16-8-7-15(31-3)10-17(16)32-4/h5-8,10,12-14,19-21H,9,11H2,1-4H3,(H,25,27)/t13-,14-,19-,20-,21-/m0/s1. The summed E-state index contributed by atoms with van der Waals surface area (Å²) in [6.07, 6.45) is 4.81. The van der Waals surface area contributed by atoms with Gasteiger partial charge in [-0.05, 0) is 36.3 Å². The van der Waals surface area contributed by atoms with E-state index in [2.05, 4.69) is 5.32 Å². The Hall–Kier alpha value is -3.36. The Morgan fingerprint density at radius 1 is 1.06 bits per heavy atom. The number of carbonyl (C=O) groups excluding carboxylic acids is 4. The van der Waals surface area contributed by atoms with E-state index in [1.54, 1.807) is 32.0 Å². The van der Waals surface area contributed by atoms with E-state index < -0.39 is 36.4 Å². The van der Waals surface area contributed by atoms with Crippen LogP contribution in [0.25, 0.3) is 0 Å².